The van der Waals surface area contributed by atoms with Gasteiger partial charge in [-0.2, -0.15) is 11.8 Å². The van der Waals surface area contributed by atoms with Crippen LogP contribution >= 0.6 is 23.4 Å². The van der Waals surface area contributed by atoms with E-state index in [1.165, 1.54) is 5.56 Å². The topological polar surface area (TPSA) is 36.9 Å². The van der Waals surface area contributed by atoms with E-state index in [-0.39, 0.29) is 4.75 Å². The molecule has 0 amide bonds. The fourth-order valence-electron chi connectivity index (χ4n) is 3.07. The number of hydrogen-bond acceptors (Lipinski definition) is 3. The monoisotopic (exact) mass is 383 g/mol. The second-order valence-corrected chi connectivity index (χ2v) is 8.55. The fraction of sp³-hybridized carbons (Fsp3) is 0.632. The lowest BCUT2D eigenvalue weighted by molar-refractivity contribution is 0.0793. The van der Waals surface area contributed by atoms with Crippen molar-refractivity contribution in [3.05, 3.63) is 34.9 Å². The molecule has 6 heteroatoms. The number of aliphatic imine (C=N–C) groups is 1. The van der Waals surface area contributed by atoms with Crippen molar-refractivity contribution in [3.63, 3.8) is 0 Å². The van der Waals surface area contributed by atoms with Crippen LogP contribution in [0.5, 0.6) is 0 Å². The summed E-state index contributed by atoms with van der Waals surface area (Å²) in [5.41, 5.74) is 1.18. The van der Waals surface area contributed by atoms with E-state index < -0.39 is 0 Å². The minimum absolute atomic E-state index is 0.213. The largest absolute Gasteiger partial charge is 0.381 e. The first-order valence-corrected chi connectivity index (χ1v) is 10.4. The number of rotatable bonds is 7. The number of hydrogen-bond donors (Lipinski definition) is 1. The predicted octanol–water partition coefficient (Wildman–Crippen LogP) is 4.04. The van der Waals surface area contributed by atoms with Crippen LogP contribution in [0, 0.1) is 0 Å². The standard InChI is InChI=1S/C19H30ClN3OS/c1-4-21-18(23(3)14-16-7-6-8-17(20)13-16)22-15-19(25-5-2)9-11-24-12-10-19/h6-8,13H,4-5,9-12,14-15H2,1-3H3,(H,21,22). The molecule has 1 aliphatic heterocycles. The molecule has 0 unspecified atom stereocenters. The highest BCUT2D eigenvalue weighted by Gasteiger charge is 2.32. The van der Waals surface area contributed by atoms with Crippen LogP contribution in [-0.2, 0) is 11.3 Å². The van der Waals surface area contributed by atoms with Crippen LogP contribution in [0.1, 0.15) is 32.3 Å². The molecule has 1 heterocycles. The van der Waals surface area contributed by atoms with Crippen molar-refractivity contribution < 1.29 is 4.74 Å². The maximum absolute atomic E-state index is 6.11. The maximum Gasteiger partial charge on any atom is 0.194 e. The summed E-state index contributed by atoms with van der Waals surface area (Å²) in [7, 11) is 2.08. The molecule has 0 spiro atoms. The number of thioether (sulfide) groups is 1. The Labute approximate surface area is 161 Å². The van der Waals surface area contributed by atoms with Crippen molar-refractivity contribution in [2.75, 3.05) is 39.1 Å². The molecule has 4 nitrogen and oxygen atoms in total. The minimum atomic E-state index is 0.213. The molecule has 0 saturated carbocycles. The fourth-order valence-corrected chi connectivity index (χ4v) is 4.51. The quantitative estimate of drug-likeness (QED) is 0.569. The first kappa shape index (κ1) is 20.4. The Morgan fingerprint density at radius 2 is 2.12 bits per heavy atom. The molecule has 0 aromatic heterocycles. The van der Waals surface area contributed by atoms with E-state index >= 15 is 0 Å². The van der Waals surface area contributed by atoms with Gasteiger partial charge in [0.1, 0.15) is 0 Å². The van der Waals surface area contributed by atoms with Gasteiger partial charge in [-0.05, 0) is 43.2 Å². The zero-order valence-electron chi connectivity index (χ0n) is 15.6. The number of benzene rings is 1. The molecule has 1 N–H and O–H groups in total. The van der Waals surface area contributed by atoms with Gasteiger partial charge in [0, 0.05) is 43.1 Å². The third kappa shape index (κ3) is 6.39. The van der Waals surface area contributed by atoms with Gasteiger partial charge >= 0.3 is 0 Å². The first-order valence-electron chi connectivity index (χ1n) is 9.04. The van der Waals surface area contributed by atoms with E-state index in [4.69, 9.17) is 21.3 Å². The predicted molar refractivity (Wildman–Crippen MR) is 110 cm³/mol. The number of nitrogens with one attached hydrogen (secondary N) is 1. The molecule has 140 valence electrons. The molecule has 0 atom stereocenters. The van der Waals surface area contributed by atoms with E-state index in [1.54, 1.807) is 0 Å². The third-order valence-corrected chi connectivity index (χ3v) is 6.05. The summed E-state index contributed by atoms with van der Waals surface area (Å²) in [4.78, 5) is 7.13. The Balaban J connectivity index is 2.07. The van der Waals surface area contributed by atoms with Gasteiger partial charge in [0.15, 0.2) is 5.96 Å². The van der Waals surface area contributed by atoms with Gasteiger partial charge < -0.3 is 15.0 Å². The van der Waals surface area contributed by atoms with Gasteiger partial charge in [-0.3, -0.25) is 4.99 Å². The van der Waals surface area contributed by atoms with Crippen molar-refractivity contribution in [1.29, 1.82) is 0 Å². The first-order chi connectivity index (χ1) is 12.1. The molecule has 0 bridgehead atoms. The lowest BCUT2D eigenvalue weighted by atomic mass is 9.99. The molecular formula is C19H30ClN3OS. The summed E-state index contributed by atoms with van der Waals surface area (Å²) in [6.45, 7) is 8.49. The highest BCUT2D eigenvalue weighted by molar-refractivity contribution is 8.00. The summed E-state index contributed by atoms with van der Waals surface area (Å²) in [5.74, 6) is 2.06. The van der Waals surface area contributed by atoms with Gasteiger partial charge in [-0.15, -0.1) is 0 Å². The van der Waals surface area contributed by atoms with Crippen LogP contribution < -0.4 is 5.32 Å². The zero-order valence-corrected chi connectivity index (χ0v) is 17.1. The van der Waals surface area contributed by atoms with Crippen LogP contribution in [0.4, 0.5) is 0 Å². The van der Waals surface area contributed by atoms with Crippen LogP contribution in [0.3, 0.4) is 0 Å². The highest BCUT2D eigenvalue weighted by Crippen LogP contribution is 2.35. The average Bonchev–Trinajstić information content (AvgIpc) is 2.59. The van der Waals surface area contributed by atoms with Gasteiger partial charge in [0.05, 0.1) is 6.54 Å². The third-order valence-electron chi connectivity index (χ3n) is 4.38. The Bertz CT molecular complexity index is 556. The van der Waals surface area contributed by atoms with E-state index in [1.807, 2.05) is 30.0 Å². The number of ether oxygens (including phenoxy) is 1. The maximum atomic E-state index is 6.11. The Kier molecular flexibility index (Phi) is 8.40. The molecular weight excluding hydrogens is 354 g/mol. The second-order valence-electron chi connectivity index (χ2n) is 6.38. The second kappa shape index (κ2) is 10.3. The Morgan fingerprint density at radius 3 is 2.76 bits per heavy atom. The van der Waals surface area contributed by atoms with Crippen molar-refractivity contribution in [2.24, 2.45) is 4.99 Å². The minimum Gasteiger partial charge on any atom is -0.381 e. The molecule has 25 heavy (non-hydrogen) atoms. The van der Waals surface area contributed by atoms with Crippen LogP contribution in [0.25, 0.3) is 0 Å². The van der Waals surface area contributed by atoms with Gasteiger partial charge in [-0.1, -0.05) is 30.7 Å². The van der Waals surface area contributed by atoms with Gasteiger partial charge in [0.2, 0.25) is 0 Å². The smallest absolute Gasteiger partial charge is 0.194 e. The van der Waals surface area contributed by atoms with Crippen molar-refractivity contribution >= 4 is 29.3 Å². The Hall–Kier alpha value is -0.910. The molecule has 0 radical (unpaired) electrons. The summed E-state index contributed by atoms with van der Waals surface area (Å²) < 4.78 is 5.78. The van der Waals surface area contributed by atoms with E-state index in [2.05, 4.69) is 37.2 Å². The Morgan fingerprint density at radius 1 is 1.36 bits per heavy atom. The highest BCUT2D eigenvalue weighted by atomic mass is 35.5. The summed E-state index contributed by atoms with van der Waals surface area (Å²) in [6, 6.07) is 8.00. The molecule has 1 aliphatic rings. The lowest BCUT2D eigenvalue weighted by Crippen LogP contribution is -2.41. The normalized spacial score (nSPS) is 17.4. The van der Waals surface area contributed by atoms with Crippen LogP contribution in [-0.4, -0.2) is 54.7 Å². The number of nitrogens with zero attached hydrogens (tertiary/aromatic N) is 2. The molecule has 1 fully saturated rings. The summed E-state index contributed by atoms with van der Waals surface area (Å²) in [6.07, 6.45) is 2.15. The molecule has 0 aliphatic carbocycles. The molecule has 1 aromatic rings. The van der Waals surface area contributed by atoms with E-state index in [0.29, 0.717) is 0 Å². The van der Waals surface area contributed by atoms with Crippen molar-refractivity contribution in [1.82, 2.24) is 10.2 Å². The van der Waals surface area contributed by atoms with E-state index in [9.17, 15) is 0 Å². The van der Waals surface area contributed by atoms with E-state index in [0.717, 1.165) is 62.4 Å². The number of guanidine groups is 1. The zero-order chi connectivity index (χ0) is 18.1. The molecule has 1 saturated heterocycles. The summed E-state index contributed by atoms with van der Waals surface area (Å²) in [5, 5.41) is 4.19. The lowest BCUT2D eigenvalue weighted by Gasteiger charge is -2.35. The van der Waals surface area contributed by atoms with Crippen LogP contribution in [0.15, 0.2) is 29.3 Å². The van der Waals surface area contributed by atoms with Crippen LogP contribution in [0.2, 0.25) is 5.02 Å². The average molecular weight is 384 g/mol. The summed E-state index contributed by atoms with van der Waals surface area (Å²) >= 11 is 8.13. The molecule has 1 aromatic carbocycles. The SMILES string of the molecule is CCNC(=NCC1(SCC)CCOCC1)N(C)Cc1cccc(Cl)c1. The number of halogens is 1. The molecule has 2 rings (SSSR count). The van der Waals surface area contributed by atoms with Crippen molar-refractivity contribution in [3.8, 4) is 0 Å². The van der Waals surface area contributed by atoms with Gasteiger partial charge in [-0.25, -0.2) is 0 Å². The van der Waals surface area contributed by atoms with Gasteiger partial charge in [0.25, 0.3) is 0 Å². The van der Waals surface area contributed by atoms with Crippen molar-refractivity contribution in [2.45, 2.75) is 38.0 Å².